The Morgan fingerprint density at radius 3 is 2.68 bits per heavy atom. The van der Waals surface area contributed by atoms with Gasteiger partial charge in [-0.05, 0) is 55.2 Å². The minimum Gasteiger partial charge on any atom is -0.489 e. The van der Waals surface area contributed by atoms with Crippen LogP contribution in [0.3, 0.4) is 0 Å². The molecule has 0 saturated carbocycles. The van der Waals surface area contributed by atoms with Crippen molar-refractivity contribution in [2.24, 2.45) is 11.7 Å². The summed E-state index contributed by atoms with van der Waals surface area (Å²) in [6.45, 7) is 10.2. The van der Waals surface area contributed by atoms with Gasteiger partial charge in [-0.25, -0.2) is 9.78 Å². The summed E-state index contributed by atoms with van der Waals surface area (Å²) >= 11 is 0. The van der Waals surface area contributed by atoms with Crippen LogP contribution in [0.1, 0.15) is 36.2 Å². The molecule has 5 N–H and O–H groups in total. The van der Waals surface area contributed by atoms with E-state index >= 15 is 0 Å². The van der Waals surface area contributed by atoms with Gasteiger partial charge in [-0.3, -0.25) is 4.79 Å². The van der Waals surface area contributed by atoms with Gasteiger partial charge in [-0.1, -0.05) is 38.6 Å². The number of nitrogens with zero attached hydrogens (tertiary/aromatic N) is 2. The van der Waals surface area contributed by atoms with Crippen molar-refractivity contribution in [1.29, 1.82) is 0 Å². The number of carbonyl (C=O) groups excluding carboxylic acids is 2. The molecule has 1 aromatic heterocycles. The number of rotatable bonds is 13. The largest absolute Gasteiger partial charge is 0.489 e. The van der Waals surface area contributed by atoms with Crippen LogP contribution in [-0.4, -0.2) is 41.2 Å². The summed E-state index contributed by atoms with van der Waals surface area (Å²) in [6.07, 6.45) is 2.54. The molecule has 0 fully saturated rings. The summed E-state index contributed by atoms with van der Waals surface area (Å²) in [5.41, 5.74) is 8.10. The van der Waals surface area contributed by atoms with Gasteiger partial charge in [0.05, 0.1) is 6.54 Å². The minimum atomic E-state index is -0.864. The van der Waals surface area contributed by atoms with E-state index in [4.69, 9.17) is 15.2 Å². The number of anilines is 4. The molecular weight excluding hydrogens is 484 g/mol. The third-order valence-electron chi connectivity index (χ3n) is 5.38. The van der Waals surface area contributed by atoms with Crippen LogP contribution in [0.4, 0.5) is 27.9 Å². The van der Waals surface area contributed by atoms with E-state index < -0.39 is 12.2 Å². The Morgan fingerprint density at radius 1 is 1.13 bits per heavy atom. The SMILES string of the molecule is C=CCOc1ccc(C)c(Nc2ccnc(Nc3cccc(C(=O)NCC(CC(C)C)OC(N)=O)c3)n2)c1. The molecule has 0 saturated heterocycles. The number of aryl methyl sites for hydroxylation is 1. The van der Waals surface area contributed by atoms with E-state index in [2.05, 4.69) is 32.5 Å². The summed E-state index contributed by atoms with van der Waals surface area (Å²) in [7, 11) is 0. The number of carbonyl (C=O) groups is 2. The zero-order valence-electron chi connectivity index (χ0n) is 21.9. The first-order valence-electron chi connectivity index (χ1n) is 12.3. The van der Waals surface area contributed by atoms with Crippen molar-refractivity contribution in [2.45, 2.75) is 33.3 Å². The fraction of sp³-hybridized carbons (Fsp3) is 0.286. The van der Waals surface area contributed by atoms with Crippen molar-refractivity contribution in [3.8, 4) is 5.75 Å². The van der Waals surface area contributed by atoms with Crippen molar-refractivity contribution in [1.82, 2.24) is 15.3 Å². The molecule has 10 heteroatoms. The Bertz CT molecular complexity index is 1260. The maximum absolute atomic E-state index is 12.7. The number of nitrogens with two attached hydrogens (primary N) is 1. The number of hydrogen-bond acceptors (Lipinski definition) is 8. The molecule has 0 bridgehead atoms. The average Bonchev–Trinajstić information content (AvgIpc) is 2.87. The molecule has 2 aromatic carbocycles. The van der Waals surface area contributed by atoms with Crippen molar-refractivity contribution in [2.75, 3.05) is 23.8 Å². The van der Waals surface area contributed by atoms with Gasteiger partial charge in [0.1, 0.15) is 24.3 Å². The van der Waals surface area contributed by atoms with E-state index in [-0.39, 0.29) is 18.4 Å². The highest BCUT2D eigenvalue weighted by atomic mass is 16.6. The van der Waals surface area contributed by atoms with E-state index in [1.165, 1.54) is 0 Å². The number of hydrogen-bond donors (Lipinski definition) is 4. The highest BCUT2D eigenvalue weighted by Gasteiger charge is 2.17. The predicted molar refractivity (Wildman–Crippen MR) is 148 cm³/mol. The monoisotopic (exact) mass is 518 g/mol. The van der Waals surface area contributed by atoms with Crippen LogP contribution in [0.5, 0.6) is 5.75 Å². The minimum absolute atomic E-state index is 0.160. The highest BCUT2D eigenvalue weighted by molar-refractivity contribution is 5.95. The lowest BCUT2D eigenvalue weighted by atomic mass is 10.1. The summed E-state index contributed by atoms with van der Waals surface area (Å²) in [5, 5.41) is 9.23. The fourth-order valence-corrected chi connectivity index (χ4v) is 3.65. The smallest absolute Gasteiger partial charge is 0.404 e. The van der Waals surface area contributed by atoms with Crippen LogP contribution in [0, 0.1) is 12.8 Å². The quantitative estimate of drug-likeness (QED) is 0.230. The van der Waals surface area contributed by atoms with Crippen LogP contribution in [0.2, 0.25) is 0 Å². The van der Waals surface area contributed by atoms with Crippen LogP contribution < -0.4 is 26.4 Å². The zero-order valence-corrected chi connectivity index (χ0v) is 21.9. The number of amides is 2. The molecule has 2 amide bonds. The first-order chi connectivity index (χ1) is 18.2. The molecule has 0 aliphatic heterocycles. The van der Waals surface area contributed by atoms with Gasteiger partial charge in [-0.15, -0.1) is 0 Å². The molecule has 0 aliphatic rings. The summed E-state index contributed by atoms with van der Waals surface area (Å²) in [4.78, 5) is 32.7. The zero-order chi connectivity index (χ0) is 27.5. The molecule has 10 nitrogen and oxygen atoms in total. The number of benzene rings is 2. The lowest BCUT2D eigenvalue weighted by molar-refractivity contribution is 0.0802. The molecule has 3 aromatic rings. The third kappa shape index (κ3) is 8.81. The van der Waals surface area contributed by atoms with Crippen molar-refractivity contribution in [3.63, 3.8) is 0 Å². The van der Waals surface area contributed by atoms with E-state index in [1.54, 1.807) is 36.5 Å². The second-order valence-corrected chi connectivity index (χ2v) is 9.07. The lowest BCUT2D eigenvalue weighted by Gasteiger charge is -2.19. The Morgan fingerprint density at radius 2 is 1.95 bits per heavy atom. The van der Waals surface area contributed by atoms with Crippen molar-refractivity contribution < 1.29 is 19.1 Å². The van der Waals surface area contributed by atoms with E-state index in [1.807, 2.05) is 45.0 Å². The first-order valence-corrected chi connectivity index (χ1v) is 12.3. The summed E-state index contributed by atoms with van der Waals surface area (Å²) < 4.78 is 10.7. The van der Waals surface area contributed by atoms with Gasteiger partial charge in [0, 0.05) is 29.2 Å². The molecule has 38 heavy (non-hydrogen) atoms. The highest BCUT2D eigenvalue weighted by Crippen LogP contribution is 2.25. The van der Waals surface area contributed by atoms with Crippen LogP contribution >= 0.6 is 0 Å². The van der Waals surface area contributed by atoms with Gasteiger partial charge in [0.15, 0.2) is 0 Å². The molecule has 1 unspecified atom stereocenters. The molecular formula is C28H34N6O4. The van der Waals surface area contributed by atoms with E-state index in [0.717, 1.165) is 17.0 Å². The number of primary amides is 1. The average molecular weight is 519 g/mol. The molecule has 1 heterocycles. The van der Waals surface area contributed by atoms with Crippen molar-refractivity contribution in [3.05, 3.63) is 78.5 Å². The number of nitrogens with one attached hydrogen (secondary N) is 3. The first kappa shape index (κ1) is 28.0. The number of ether oxygens (including phenoxy) is 2. The summed E-state index contributed by atoms with van der Waals surface area (Å²) in [5.74, 6) is 1.63. The van der Waals surface area contributed by atoms with Gasteiger partial charge < -0.3 is 31.2 Å². The van der Waals surface area contributed by atoms with Gasteiger partial charge in [-0.2, -0.15) is 4.98 Å². The lowest BCUT2D eigenvalue weighted by Crippen LogP contribution is -2.36. The van der Waals surface area contributed by atoms with Crippen LogP contribution in [0.25, 0.3) is 0 Å². The van der Waals surface area contributed by atoms with E-state index in [0.29, 0.717) is 36.0 Å². The standard InChI is InChI=1S/C28H34N6O4/c1-5-13-37-22-10-9-19(4)24(16-22)33-25-11-12-30-28(34-25)32-21-8-6-7-20(15-21)26(35)31-17-23(14-18(2)3)38-27(29)36/h5-12,15-16,18,23H,1,13-14,17H2,2-4H3,(H2,29,36)(H,31,35)(H2,30,32,33,34). The Hall–Kier alpha value is -4.60. The molecule has 0 radical (unpaired) electrons. The molecule has 200 valence electrons. The Labute approximate surface area is 222 Å². The topological polar surface area (TPSA) is 140 Å². The normalized spacial score (nSPS) is 11.4. The third-order valence-corrected chi connectivity index (χ3v) is 5.38. The van der Waals surface area contributed by atoms with E-state index in [9.17, 15) is 9.59 Å². The van der Waals surface area contributed by atoms with Gasteiger partial charge in [0.2, 0.25) is 5.95 Å². The predicted octanol–water partition coefficient (Wildman–Crippen LogP) is 5.08. The number of aromatic nitrogens is 2. The van der Waals surface area contributed by atoms with Gasteiger partial charge in [0.25, 0.3) is 5.91 Å². The maximum atomic E-state index is 12.7. The Balaban J connectivity index is 1.66. The fourth-order valence-electron chi connectivity index (χ4n) is 3.65. The van der Waals surface area contributed by atoms with Crippen LogP contribution in [0.15, 0.2) is 67.4 Å². The molecule has 0 aliphatic carbocycles. The van der Waals surface area contributed by atoms with Crippen molar-refractivity contribution >= 4 is 35.1 Å². The summed E-state index contributed by atoms with van der Waals surface area (Å²) in [6, 6.07) is 14.5. The van der Waals surface area contributed by atoms with Crippen LogP contribution in [-0.2, 0) is 4.74 Å². The molecule has 1 atom stereocenters. The second kappa shape index (κ2) is 13.6. The van der Waals surface area contributed by atoms with Gasteiger partial charge >= 0.3 is 6.09 Å². The second-order valence-electron chi connectivity index (χ2n) is 9.07. The molecule has 3 rings (SSSR count). The Kier molecular flexibility index (Phi) is 10.0. The molecule has 0 spiro atoms. The maximum Gasteiger partial charge on any atom is 0.404 e.